The number of nitro groups is 1. The molecule has 1 N–H and O–H groups in total. The highest BCUT2D eigenvalue weighted by Crippen LogP contribution is 2.26. The predicted octanol–water partition coefficient (Wildman–Crippen LogP) is 4.70. The van der Waals surface area contributed by atoms with Crippen LogP contribution in [0.4, 0.5) is 15.8 Å². The highest BCUT2D eigenvalue weighted by molar-refractivity contribution is 6.04. The summed E-state index contributed by atoms with van der Waals surface area (Å²) in [6.45, 7) is 0. The quantitative estimate of drug-likeness (QED) is 0.381. The lowest BCUT2D eigenvalue weighted by Gasteiger charge is -2.06. The van der Waals surface area contributed by atoms with Gasteiger partial charge in [0.1, 0.15) is 5.82 Å². The zero-order chi connectivity index (χ0) is 21.1. The van der Waals surface area contributed by atoms with Crippen molar-refractivity contribution in [1.82, 2.24) is 10.1 Å². The van der Waals surface area contributed by atoms with Gasteiger partial charge in [0, 0.05) is 28.9 Å². The fraction of sp³-hybridized carbons (Fsp3) is 0. The van der Waals surface area contributed by atoms with Crippen LogP contribution < -0.4 is 5.32 Å². The van der Waals surface area contributed by atoms with Gasteiger partial charge in [-0.3, -0.25) is 14.9 Å². The molecule has 148 valence electrons. The maximum Gasteiger partial charge on any atom is 0.269 e. The number of anilines is 1. The summed E-state index contributed by atoms with van der Waals surface area (Å²) < 4.78 is 19.1. The zero-order valence-corrected chi connectivity index (χ0v) is 15.3. The molecule has 0 aliphatic heterocycles. The standard InChI is InChI=1S/C21H13FN4O4/c22-18-7-2-1-6-17(18)21-24-19(25-30-21)14-4-3-5-15(12-14)23-20(27)13-8-10-16(11-9-13)26(28)29/h1-12H,(H,23,27). The molecule has 0 spiro atoms. The Morgan fingerprint density at radius 2 is 1.80 bits per heavy atom. The molecular weight excluding hydrogens is 391 g/mol. The lowest BCUT2D eigenvalue weighted by molar-refractivity contribution is -0.384. The Labute approximate surface area is 169 Å². The Bertz CT molecular complexity index is 1240. The average Bonchev–Trinajstić information content (AvgIpc) is 3.24. The minimum atomic E-state index is -0.536. The van der Waals surface area contributed by atoms with Gasteiger partial charge in [0.05, 0.1) is 10.5 Å². The van der Waals surface area contributed by atoms with Crippen LogP contribution in [0.25, 0.3) is 22.8 Å². The number of nitrogens with one attached hydrogen (secondary N) is 1. The van der Waals surface area contributed by atoms with Gasteiger partial charge in [0.2, 0.25) is 5.82 Å². The highest BCUT2D eigenvalue weighted by Gasteiger charge is 2.15. The molecule has 0 unspecified atom stereocenters. The number of aromatic nitrogens is 2. The molecular formula is C21H13FN4O4. The van der Waals surface area contributed by atoms with Crippen LogP contribution in [0.3, 0.4) is 0 Å². The third kappa shape index (κ3) is 3.90. The molecule has 1 amide bonds. The van der Waals surface area contributed by atoms with Gasteiger partial charge in [-0.25, -0.2) is 4.39 Å². The smallest absolute Gasteiger partial charge is 0.269 e. The van der Waals surface area contributed by atoms with E-state index in [1.807, 2.05) is 0 Å². The molecule has 3 aromatic carbocycles. The van der Waals surface area contributed by atoms with E-state index in [0.29, 0.717) is 11.3 Å². The Morgan fingerprint density at radius 3 is 2.53 bits per heavy atom. The van der Waals surface area contributed by atoms with Gasteiger partial charge in [-0.05, 0) is 36.4 Å². The van der Waals surface area contributed by atoms with Gasteiger partial charge in [-0.15, -0.1) is 0 Å². The molecule has 30 heavy (non-hydrogen) atoms. The van der Waals surface area contributed by atoms with E-state index < -0.39 is 16.6 Å². The van der Waals surface area contributed by atoms with Gasteiger partial charge in [0.15, 0.2) is 0 Å². The van der Waals surface area contributed by atoms with E-state index in [1.54, 1.807) is 36.4 Å². The first-order valence-electron chi connectivity index (χ1n) is 8.76. The summed E-state index contributed by atoms with van der Waals surface area (Å²) in [4.78, 5) is 26.8. The van der Waals surface area contributed by atoms with Crippen molar-refractivity contribution in [3.05, 3.63) is 94.3 Å². The van der Waals surface area contributed by atoms with Gasteiger partial charge >= 0.3 is 0 Å². The fourth-order valence-electron chi connectivity index (χ4n) is 2.76. The van der Waals surface area contributed by atoms with E-state index >= 15 is 0 Å². The number of carbonyl (C=O) groups is 1. The topological polar surface area (TPSA) is 111 Å². The molecule has 1 aromatic heterocycles. The maximum absolute atomic E-state index is 13.9. The monoisotopic (exact) mass is 404 g/mol. The second-order valence-corrected chi connectivity index (χ2v) is 6.24. The van der Waals surface area contributed by atoms with E-state index in [1.165, 1.54) is 36.4 Å². The van der Waals surface area contributed by atoms with Crippen molar-refractivity contribution in [2.24, 2.45) is 0 Å². The Kier molecular flexibility index (Phi) is 5.00. The van der Waals surface area contributed by atoms with E-state index in [4.69, 9.17) is 4.52 Å². The van der Waals surface area contributed by atoms with Crippen LogP contribution in [-0.4, -0.2) is 21.0 Å². The second-order valence-electron chi connectivity index (χ2n) is 6.24. The molecule has 0 saturated carbocycles. The summed E-state index contributed by atoms with van der Waals surface area (Å²) >= 11 is 0. The number of carbonyl (C=O) groups excluding carboxylic acids is 1. The second kappa shape index (κ2) is 7.92. The average molecular weight is 404 g/mol. The number of halogens is 1. The zero-order valence-electron chi connectivity index (χ0n) is 15.3. The summed E-state index contributed by atoms with van der Waals surface area (Å²) in [5, 5.41) is 17.3. The van der Waals surface area contributed by atoms with E-state index in [2.05, 4.69) is 15.5 Å². The van der Waals surface area contributed by atoms with Crippen LogP contribution in [0, 0.1) is 15.9 Å². The van der Waals surface area contributed by atoms with Crippen molar-refractivity contribution in [2.45, 2.75) is 0 Å². The lowest BCUT2D eigenvalue weighted by Crippen LogP contribution is -2.11. The van der Waals surface area contributed by atoms with Crippen molar-refractivity contribution in [2.75, 3.05) is 5.32 Å². The maximum atomic E-state index is 13.9. The molecule has 0 fully saturated rings. The molecule has 0 radical (unpaired) electrons. The van der Waals surface area contributed by atoms with E-state index in [0.717, 1.165) is 0 Å². The molecule has 0 aliphatic rings. The molecule has 8 nitrogen and oxygen atoms in total. The number of nitro benzene ring substituents is 1. The first-order valence-corrected chi connectivity index (χ1v) is 8.76. The summed E-state index contributed by atoms with van der Waals surface area (Å²) in [5.74, 6) is -0.623. The first-order chi connectivity index (χ1) is 14.5. The minimum Gasteiger partial charge on any atom is -0.334 e. The van der Waals surface area contributed by atoms with Crippen LogP contribution in [-0.2, 0) is 0 Å². The molecule has 0 aliphatic carbocycles. The Morgan fingerprint density at radius 1 is 1.03 bits per heavy atom. The van der Waals surface area contributed by atoms with E-state index in [-0.39, 0.29) is 28.5 Å². The minimum absolute atomic E-state index is 0.0448. The van der Waals surface area contributed by atoms with Crippen molar-refractivity contribution >= 4 is 17.3 Å². The molecule has 0 bridgehead atoms. The predicted molar refractivity (Wildman–Crippen MR) is 106 cm³/mol. The number of hydrogen-bond donors (Lipinski definition) is 1. The number of non-ortho nitro benzene ring substituents is 1. The van der Waals surface area contributed by atoms with Crippen LogP contribution in [0.5, 0.6) is 0 Å². The van der Waals surface area contributed by atoms with Gasteiger partial charge < -0.3 is 9.84 Å². The largest absolute Gasteiger partial charge is 0.334 e. The first kappa shape index (κ1) is 18.9. The summed E-state index contributed by atoms with van der Waals surface area (Å²) in [5.41, 5.74) is 1.39. The van der Waals surface area contributed by atoms with Crippen LogP contribution in [0.1, 0.15) is 10.4 Å². The molecule has 4 rings (SSSR count). The van der Waals surface area contributed by atoms with Crippen LogP contribution in [0.15, 0.2) is 77.3 Å². The normalized spacial score (nSPS) is 10.6. The third-order valence-electron chi connectivity index (χ3n) is 4.25. The van der Waals surface area contributed by atoms with Crippen molar-refractivity contribution in [3.8, 4) is 22.8 Å². The summed E-state index contributed by atoms with van der Waals surface area (Å²) in [6, 6.07) is 18.0. The number of amides is 1. The molecule has 4 aromatic rings. The summed E-state index contributed by atoms with van der Waals surface area (Å²) in [6.07, 6.45) is 0. The third-order valence-corrected chi connectivity index (χ3v) is 4.25. The fourth-order valence-corrected chi connectivity index (χ4v) is 2.76. The van der Waals surface area contributed by atoms with Gasteiger partial charge in [0.25, 0.3) is 17.5 Å². The van der Waals surface area contributed by atoms with E-state index in [9.17, 15) is 19.3 Å². The Balaban J connectivity index is 1.54. The van der Waals surface area contributed by atoms with Crippen molar-refractivity contribution < 1.29 is 18.6 Å². The highest BCUT2D eigenvalue weighted by atomic mass is 19.1. The van der Waals surface area contributed by atoms with Crippen LogP contribution >= 0.6 is 0 Å². The lowest BCUT2D eigenvalue weighted by atomic mass is 10.1. The Hall–Kier alpha value is -4.40. The van der Waals surface area contributed by atoms with Gasteiger partial charge in [-0.1, -0.05) is 29.4 Å². The van der Waals surface area contributed by atoms with Crippen molar-refractivity contribution in [3.63, 3.8) is 0 Å². The van der Waals surface area contributed by atoms with Crippen molar-refractivity contribution in [1.29, 1.82) is 0 Å². The number of hydrogen-bond acceptors (Lipinski definition) is 6. The number of benzene rings is 3. The number of nitrogens with zero attached hydrogens (tertiary/aromatic N) is 3. The molecule has 9 heteroatoms. The number of rotatable bonds is 5. The SMILES string of the molecule is O=C(Nc1cccc(-c2noc(-c3ccccc3F)n2)c1)c1ccc([N+](=O)[O-])cc1. The molecule has 0 saturated heterocycles. The molecule has 1 heterocycles. The summed E-state index contributed by atoms with van der Waals surface area (Å²) in [7, 11) is 0. The molecule has 0 atom stereocenters. The van der Waals surface area contributed by atoms with Gasteiger partial charge in [-0.2, -0.15) is 4.98 Å². The van der Waals surface area contributed by atoms with Crippen LogP contribution in [0.2, 0.25) is 0 Å².